The third-order valence-corrected chi connectivity index (χ3v) is 13.0. The Hall–Kier alpha value is -1.59. The van der Waals surface area contributed by atoms with Gasteiger partial charge in [0.1, 0.15) is 13.2 Å². The molecule has 0 saturated heterocycles. The van der Waals surface area contributed by atoms with Crippen LogP contribution in [0, 0.1) is 11.8 Å². The molecule has 0 aromatic carbocycles. The van der Waals surface area contributed by atoms with Gasteiger partial charge in [0.2, 0.25) is 0 Å². The summed E-state index contributed by atoms with van der Waals surface area (Å²) in [7, 11) is 0. The molecule has 0 spiro atoms. The van der Waals surface area contributed by atoms with Gasteiger partial charge < -0.3 is 14.2 Å². The number of unbranched alkanes of at least 4 members (excludes halogenated alkanes) is 36. The van der Waals surface area contributed by atoms with Crippen LogP contribution in [0.2, 0.25) is 0 Å². The summed E-state index contributed by atoms with van der Waals surface area (Å²) in [6.45, 7) is 11.4. The van der Waals surface area contributed by atoms with Gasteiger partial charge in [-0.3, -0.25) is 14.4 Å². The van der Waals surface area contributed by atoms with Crippen molar-refractivity contribution >= 4 is 17.9 Å². The highest BCUT2D eigenvalue weighted by atomic mass is 16.6. The highest BCUT2D eigenvalue weighted by Gasteiger charge is 2.19. The van der Waals surface area contributed by atoms with Gasteiger partial charge in [-0.15, -0.1) is 0 Å². The molecule has 0 rings (SSSR count). The van der Waals surface area contributed by atoms with Gasteiger partial charge in [0.15, 0.2) is 6.10 Å². The Balaban J connectivity index is 4.30. The van der Waals surface area contributed by atoms with Gasteiger partial charge in [0, 0.05) is 19.3 Å². The minimum absolute atomic E-state index is 0.0629. The summed E-state index contributed by atoms with van der Waals surface area (Å²) in [5, 5.41) is 0. The molecule has 0 aliphatic heterocycles. The lowest BCUT2D eigenvalue weighted by Gasteiger charge is -2.18. The highest BCUT2D eigenvalue weighted by molar-refractivity contribution is 5.71. The van der Waals surface area contributed by atoms with Crippen LogP contribution in [0.15, 0.2) is 0 Å². The molecule has 6 nitrogen and oxygen atoms in total. The van der Waals surface area contributed by atoms with Crippen LogP contribution in [0.4, 0.5) is 0 Å². The van der Waals surface area contributed by atoms with Crippen molar-refractivity contribution in [3.05, 3.63) is 0 Å². The molecule has 6 heteroatoms. The van der Waals surface area contributed by atoms with E-state index in [-0.39, 0.29) is 31.1 Å². The standard InChI is InChI=1S/C57H110O6/c1-6-7-8-9-10-11-12-13-14-15-16-22-27-32-37-42-47-55(58)61-50-54(63-57(60)49-44-39-34-29-24-19-21-26-31-36-41-46-53(4)5)51-62-56(59)48-43-38-33-28-23-18-17-20-25-30-35-40-45-52(2)3/h52-54H,6-51H2,1-5H3/t54-/m1/s1. The maximum Gasteiger partial charge on any atom is 0.306 e. The largest absolute Gasteiger partial charge is 0.462 e. The van der Waals surface area contributed by atoms with E-state index in [9.17, 15) is 14.4 Å². The summed E-state index contributed by atoms with van der Waals surface area (Å²) in [5.74, 6) is 0.817. The fourth-order valence-electron chi connectivity index (χ4n) is 8.70. The molecule has 1 atom stereocenters. The van der Waals surface area contributed by atoms with Crippen LogP contribution in [0.3, 0.4) is 0 Å². The molecule has 0 bridgehead atoms. The van der Waals surface area contributed by atoms with Gasteiger partial charge >= 0.3 is 17.9 Å². The molecular formula is C57H110O6. The molecule has 0 aromatic heterocycles. The van der Waals surface area contributed by atoms with E-state index in [1.54, 1.807) is 0 Å². The Morgan fingerprint density at radius 3 is 0.778 bits per heavy atom. The fourth-order valence-corrected chi connectivity index (χ4v) is 8.70. The van der Waals surface area contributed by atoms with Crippen LogP contribution >= 0.6 is 0 Å². The van der Waals surface area contributed by atoms with Gasteiger partial charge in [0.25, 0.3) is 0 Å². The molecule has 0 aromatic rings. The van der Waals surface area contributed by atoms with E-state index >= 15 is 0 Å². The van der Waals surface area contributed by atoms with Crippen molar-refractivity contribution in [2.24, 2.45) is 11.8 Å². The van der Waals surface area contributed by atoms with Crippen LogP contribution in [-0.4, -0.2) is 37.2 Å². The quantitative estimate of drug-likeness (QED) is 0.0344. The Morgan fingerprint density at radius 2 is 0.524 bits per heavy atom. The molecule has 0 saturated carbocycles. The summed E-state index contributed by atoms with van der Waals surface area (Å²) in [6.07, 6.45) is 52.3. The van der Waals surface area contributed by atoms with Gasteiger partial charge in [-0.1, -0.05) is 279 Å². The number of carbonyl (C=O) groups excluding carboxylic acids is 3. The zero-order valence-electron chi connectivity index (χ0n) is 43.2. The number of esters is 3. The molecule has 0 unspecified atom stereocenters. The summed E-state index contributed by atoms with van der Waals surface area (Å²) in [5.41, 5.74) is 0. The average molecular weight is 892 g/mol. The van der Waals surface area contributed by atoms with E-state index < -0.39 is 6.10 Å². The van der Waals surface area contributed by atoms with Crippen molar-refractivity contribution in [1.82, 2.24) is 0 Å². The first-order chi connectivity index (χ1) is 30.7. The molecule has 374 valence electrons. The number of rotatable bonds is 51. The van der Waals surface area contributed by atoms with Crippen molar-refractivity contribution in [2.45, 2.75) is 323 Å². The molecule has 0 amide bonds. The first-order valence-corrected chi connectivity index (χ1v) is 28.2. The first-order valence-electron chi connectivity index (χ1n) is 28.2. The fraction of sp³-hybridized carbons (Fsp3) is 0.947. The summed E-state index contributed by atoms with van der Waals surface area (Å²) < 4.78 is 16.9. The van der Waals surface area contributed by atoms with Gasteiger partial charge in [-0.05, 0) is 31.1 Å². The van der Waals surface area contributed by atoms with E-state index in [0.717, 1.165) is 69.6 Å². The van der Waals surface area contributed by atoms with E-state index in [1.807, 2.05) is 0 Å². The van der Waals surface area contributed by atoms with Crippen molar-refractivity contribution < 1.29 is 28.6 Å². The minimum Gasteiger partial charge on any atom is -0.462 e. The zero-order valence-corrected chi connectivity index (χ0v) is 43.2. The predicted octanol–water partition coefficient (Wildman–Crippen LogP) is 18.5. The second-order valence-corrected chi connectivity index (χ2v) is 20.5. The first kappa shape index (κ1) is 61.4. The van der Waals surface area contributed by atoms with Crippen LogP contribution in [0.1, 0.15) is 317 Å². The summed E-state index contributed by atoms with van der Waals surface area (Å²) >= 11 is 0. The number of hydrogen-bond acceptors (Lipinski definition) is 6. The van der Waals surface area contributed by atoms with Crippen molar-refractivity contribution in [3.8, 4) is 0 Å². The van der Waals surface area contributed by atoms with Crippen molar-refractivity contribution in [1.29, 1.82) is 0 Å². The SMILES string of the molecule is CCCCCCCCCCCCCCCCCCC(=O)OC[C@H](COC(=O)CCCCCCCCCCCCCCC(C)C)OC(=O)CCCCCCCCCCCCCC(C)C. The molecule has 0 radical (unpaired) electrons. The number of hydrogen-bond donors (Lipinski definition) is 0. The van der Waals surface area contributed by atoms with Crippen molar-refractivity contribution in [3.63, 3.8) is 0 Å². The Labute approximate surface area is 393 Å². The minimum atomic E-state index is -0.762. The van der Waals surface area contributed by atoms with Gasteiger partial charge in [-0.2, -0.15) is 0 Å². The molecule has 0 N–H and O–H groups in total. The zero-order chi connectivity index (χ0) is 46.1. The maximum absolute atomic E-state index is 12.8. The third kappa shape index (κ3) is 51.3. The second-order valence-electron chi connectivity index (χ2n) is 20.5. The molecule has 0 aliphatic carbocycles. The molecular weight excluding hydrogens is 781 g/mol. The van der Waals surface area contributed by atoms with Crippen LogP contribution < -0.4 is 0 Å². The van der Waals surface area contributed by atoms with E-state index in [1.165, 1.54) is 205 Å². The predicted molar refractivity (Wildman–Crippen MR) is 270 cm³/mol. The van der Waals surface area contributed by atoms with E-state index in [2.05, 4.69) is 34.6 Å². The van der Waals surface area contributed by atoms with E-state index in [0.29, 0.717) is 19.3 Å². The lowest BCUT2D eigenvalue weighted by molar-refractivity contribution is -0.167. The van der Waals surface area contributed by atoms with Crippen LogP contribution in [0.5, 0.6) is 0 Å². The smallest absolute Gasteiger partial charge is 0.306 e. The molecule has 63 heavy (non-hydrogen) atoms. The van der Waals surface area contributed by atoms with Gasteiger partial charge in [-0.25, -0.2) is 0 Å². The summed E-state index contributed by atoms with van der Waals surface area (Å²) in [6, 6.07) is 0. The molecule has 0 heterocycles. The van der Waals surface area contributed by atoms with Crippen molar-refractivity contribution in [2.75, 3.05) is 13.2 Å². The topological polar surface area (TPSA) is 78.9 Å². The normalized spacial score (nSPS) is 12.0. The van der Waals surface area contributed by atoms with Crippen LogP contribution in [-0.2, 0) is 28.6 Å². The summed E-state index contributed by atoms with van der Waals surface area (Å²) in [4.78, 5) is 38.1. The molecule has 0 aliphatic rings. The Morgan fingerprint density at radius 1 is 0.302 bits per heavy atom. The van der Waals surface area contributed by atoms with Gasteiger partial charge in [0.05, 0.1) is 0 Å². The van der Waals surface area contributed by atoms with E-state index in [4.69, 9.17) is 14.2 Å². The highest BCUT2D eigenvalue weighted by Crippen LogP contribution is 2.18. The number of ether oxygens (including phenoxy) is 3. The lowest BCUT2D eigenvalue weighted by atomic mass is 10.0. The Kier molecular flexibility index (Phi) is 48.6. The average Bonchev–Trinajstić information content (AvgIpc) is 3.25. The maximum atomic E-state index is 12.8. The van der Waals surface area contributed by atoms with Crippen LogP contribution in [0.25, 0.3) is 0 Å². The monoisotopic (exact) mass is 891 g/mol. The number of carbonyl (C=O) groups is 3. The molecule has 0 fully saturated rings. The lowest BCUT2D eigenvalue weighted by Crippen LogP contribution is -2.30. The second kappa shape index (κ2) is 49.8. The third-order valence-electron chi connectivity index (χ3n) is 13.0. The Bertz CT molecular complexity index is 962.